The number of hydrogen-bond acceptors (Lipinski definition) is 3. The van der Waals surface area contributed by atoms with Gasteiger partial charge in [-0.2, -0.15) is 0 Å². The van der Waals surface area contributed by atoms with Crippen LogP contribution in [-0.2, 0) is 4.79 Å². The zero-order valence-electron chi connectivity index (χ0n) is 11.2. The number of benzene rings is 1. The van der Waals surface area contributed by atoms with Gasteiger partial charge in [-0.25, -0.2) is 0 Å². The molecule has 4 heteroatoms. The molecule has 0 aliphatic carbocycles. The Balaban J connectivity index is 2.36. The summed E-state index contributed by atoms with van der Waals surface area (Å²) in [7, 11) is 0. The smallest absolute Gasteiger partial charge is 0.258 e. The van der Waals surface area contributed by atoms with E-state index >= 15 is 0 Å². The summed E-state index contributed by atoms with van der Waals surface area (Å²) in [6.07, 6.45) is 0.589. The summed E-state index contributed by atoms with van der Waals surface area (Å²) < 4.78 is 5.40. The first kappa shape index (κ1) is 14.5. The third kappa shape index (κ3) is 4.75. The van der Waals surface area contributed by atoms with Crippen LogP contribution in [0, 0.1) is 6.92 Å². The number of aliphatic hydroxyl groups is 1. The molecule has 0 aliphatic heterocycles. The molecule has 1 aromatic rings. The summed E-state index contributed by atoms with van der Waals surface area (Å²) in [4.78, 5) is 11.5. The molecule has 18 heavy (non-hydrogen) atoms. The summed E-state index contributed by atoms with van der Waals surface area (Å²) in [6, 6.07) is 7.53. The molecular formula is C14H21NO3. The SMILES string of the molecule is CCC(C)(O)CNC(=O)COc1ccccc1C. The van der Waals surface area contributed by atoms with Gasteiger partial charge in [-0.1, -0.05) is 25.1 Å². The Morgan fingerprint density at radius 2 is 2.11 bits per heavy atom. The fourth-order valence-electron chi connectivity index (χ4n) is 1.33. The third-order valence-electron chi connectivity index (χ3n) is 2.88. The lowest BCUT2D eigenvalue weighted by Gasteiger charge is -2.21. The Hall–Kier alpha value is -1.55. The molecule has 4 nitrogen and oxygen atoms in total. The van der Waals surface area contributed by atoms with Crippen LogP contribution in [0.25, 0.3) is 0 Å². The van der Waals surface area contributed by atoms with E-state index in [1.165, 1.54) is 0 Å². The Morgan fingerprint density at radius 1 is 1.44 bits per heavy atom. The summed E-state index contributed by atoms with van der Waals surface area (Å²) in [6.45, 7) is 5.69. The number of carbonyl (C=O) groups is 1. The molecule has 0 bridgehead atoms. The van der Waals surface area contributed by atoms with Crippen molar-refractivity contribution >= 4 is 5.91 Å². The summed E-state index contributed by atoms with van der Waals surface area (Å²) in [5.41, 5.74) is 0.129. The van der Waals surface area contributed by atoms with Gasteiger partial charge in [0.25, 0.3) is 5.91 Å². The zero-order valence-corrected chi connectivity index (χ0v) is 11.2. The molecule has 0 spiro atoms. The fourth-order valence-corrected chi connectivity index (χ4v) is 1.33. The van der Waals surface area contributed by atoms with E-state index in [1.807, 2.05) is 38.1 Å². The van der Waals surface area contributed by atoms with Crippen LogP contribution in [0.4, 0.5) is 0 Å². The number of rotatable bonds is 6. The van der Waals surface area contributed by atoms with Gasteiger partial charge < -0.3 is 15.2 Å². The van der Waals surface area contributed by atoms with Gasteiger partial charge in [0, 0.05) is 6.54 Å². The first-order chi connectivity index (χ1) is 8.44. The number of amides is 1. The van der Waals surface area contributed by atoms with E-state index in [4.69, 9.17) is 4.74 Å². The molecule has 0 aliphatic rings. The number of carbonyl (C=O) groups excluding carboxylic acids is 1. The van der Waals surface area contributed by atoms with Crippen molar-refractivity contribution in [1.29, 1.82) is 0 Å². The second kappa shape index (κ2) is 6.40. The van der Waals surface area contributed by atoms with E-state index in [-0.39, 0.29) is 19.1 Å². The molecule has 100 valence electrons. The molecule has 0 saturated carbocycles. The van der Waals surface area contributed by atoms with Crippen LogP contribution < -0.4 is 10.1 Å². The van der Waals surface area contributed by atoms with Crippen molar-refractivity contribution in [1.82, 2.24) is 5.32 Å². The Kier molecular flexibility index (Phi) is 5.16. The lowest BCUT2D eigenvalue weighted by Crippen LogP contribution is -2.41. The Labute approximate surface area is 108 Å². The van der Waals surface area contributed by atoms with Crippen LogP contribution in [0.3, 0.4) is 0 Å². The second-order valence-corrected chi connectivity index (χ2v) is 4.68. The highest BCUT2D eigenvalue weighted by Gasteiger charge is 2.18. The minimum absolute atomic E-state index is 0.0371. The molecule has 0 fully saturated rings. The van der Waals surface area contributed by atoms with Gasteiger partial charge in [0.2, 0.25) is 0 Å². The van der Waals surface area contributed by atoms with Crippen molar-refractivity contribution < 1.29 is 14.6 Å². The van der Waals surface area contributed by atoms with E-state index in [2.05, 4.69) is 5.32 Å². The average molecular weight is 251 g/mol. The first-order valence-electron chi connectivity index (χ1n) is 6.12. The molecule has 0 saturated heterocycles. The van der Waals surface area contributed by atoms with Crippen molar-refractivity contribution in [2.75, 3.05) is 13.2 Å². The summed E-state index contributed by atoms with van der Waals surface area (Å²) >= 11 is 0. The van der Waals surface area contributed by atoms with E-state index in [9.17, 15) is 9.90 Å². The van der Waals surface area contributed by atoms with Crippen molar-refractivity contribution in [3.8, 4) is 5.75 Å². The lowest BCUT2D eigenvalue weighted by atomic mass is 10.0. The minimum Gasteiger partial charge on any atom is -0.484 e. The van der Waals surface area contributed by atoms with E-state index in [0.717, 1.165) is 5.56 Å². The average Bonchev–Trinajstić information content (AvgIpc) is 2.35. The largest absolute Gasteiger partial charge is 0.484 e. The summed E-state index contributed by atoms with van der Waals surface area (Å²) in [5, 5.41) is 12.4. The Bertz CT molecular complexity index is 402. The molecule has 2 N–H and O–H groups in total. The molecule has 1 atom stereocenters. The molecular weight excluding hydrogens is 230 g/mol. The van der Waals surface area contributed by atoms with Gasteiger partial charge in [-0.3, -0.25) is 4.79 Å². The van der Waals surface area contributed by atoms with Crippen LogP contribution in [-0.4, -0.2) is 29.8 Å². The van der Waals surface area contributed by atoms with Crippen molar-refractivity contribution in [2.45, 2.75) is 32.8 Å². The summed E-state index contributed by atoms with van der Waals surface area (Å²) in [5.74, 6) is 0.474. The van der Waals surface area contributed by atoms with E-state index in [1.54, 1.807) is 6.92 Å². The highest BCUT2D eigenvalue weighted by atomic mass is 16.5. The predicted molar refractivity (Wildman–Crippen MR) is 70.6 cm³/mol. The zero-order chi connectivity index (χ0) is 13.6. The number of aryl methyl sites for hydroxylation is 1. The number of nitrogens with one attached hydrogen (secondary N) is 1. The van der Waals surface area contributed by atoms with Gasteiger partial charge in [-0.05, 0) is 31.9 Å². The van der Waals surface area contributed by atoms with Gasteiger partial charge in [0.15, 0.2) is 6.61 Å². The number of ether oxygens (including phenoxy) is 1. The highest BCUT2D eigenvalue weighted by molar-refractivity contribution is 5.77. The van der Waals surface area contributed by atoms with Crippen molar-refractivity contribution in [3.05, 3.63) is 29.8 Å². The normalized spacial score (nSPS) is 13.8. The molecule has 0 aromatic heterocycles. The molecule has 1 aromatic carbocycles. The number of para-hydroxylation sites is 1. The molecule has 1 amide bonds. The van der Waals surface area contributed by atoms with Gasteiger partial charge in [-0.15, -0.1) is 0 Å². The minimum atomic E-state index is -0.863. The maximum atomic E-state index is 11.5. The third-order valence-corrected chi connectivity index (χ3v) is 2.88. The highest BCUT2D eigenvalue weighted by Crippen LogP contribution is 2.15. The van der Waals surface area contributed by atoms with Gasteiger partial charge >= 0.3 is 0 Å². The van der Waals surface area contributed by atoms with Gasteiger partial charge in [0.1, 0.15) is 5.75 Å². The number of hydrogen-bond donors (Lipinski definition) is 2. The van der Waals surface area contributed by atoms with Crippen LogP contribution in [0.1, 0.15) is 25.8 Å². The first-order valence-corrected chi connectivity index (χ1v) is 6.12. The van der Waals surface area contributed by atoms with E-state index in [0.29, 0.717) is 12.2 Å². The maximum Gasteiger partial charge on any atom is 0.258 e. The Morgan fingerprint density at radius 3 is 2.72 bits per heavy atom. The molecule has 1 unspecified atom stereocenters. The van der Waals surface area contributed by atoms with Gasteiger partial charge in [0.05, 0.1) is 5.60 Å². The van der Waals surface area contributed by atoms with Crippen LogP contribution in [0.5, 0.6) is 5.75 Å². The standard InChI is InChI=1S/C14H21NO3/c1-4-14(3,17)10-15-13(16)9-18-12-8-6-5-7-11(12)2/h5-8,17H,4,9-10H2,1-3H3,(H,15,16). The second-order valence-electron chi connectivity index (χ2n) is 4.68. The fraction of sp³-hybridized carbons (Fsp3) is 0.500. The maximum absolute atomic E-state index is 11.5. The monoisotopic (exact) mass is 251 g/mol. The lowest BCUT2D eigenvalue weighted by molar-refractivity contribution is -0.124. The van der Waals surface area contributed by atoms with Crippen LogP contribution in [0.15, 0.2) is 24.3 Å². The topological polar surface area (TPSA) is 58.6 Å². The molecule has 0 radical (unpaired) electrons. The molecule has 0 heterocycles. The van der Waals surface area contributed by atoms with Crippen molar-refractivity contribution in [3.63, 3.8) is 0 Å². The molecule has 1 rings (SSSR count). The predicted octanol–water partition coefficient (Wildman–Crippen LogP) is 1.65. The van der Waals surface area contributed by atoms with E-state index < -0.39 is 5.60 Å². The van der Waals surface area contributed by atoms with Crippen LogP contribution >= 0.6 is 0 Å². The van der Waals surface area contributed by atoms with Crippen LogP contribution in [0.2, 0.25) is 0 Å². The quantitative estimate of drug-likeness (QED) is 0.808. The van der Waals surface area contributed by atoms with Crippen molar-refractivity contribution in [2.24, 2.45) is 0 Å².